The number of nitrogens with one attached hydrogen (secondary N) is 1. The second-order valence-electron chi connectivity index (χ2n) is 6.83. The number of sulfone groups is 1. The lowest BCUT2D eigenvalue weighted by Crippen LogP contribution is -2.32. The minimum Gasteiger partial charge on any atom is -0.383 e. The van der Waals surface area contributed by atoms with Gasteiger partial charge in [0.1, 0.15) is 12.3 Å². The second kappa shape index (κ2) is 8.74. The van der Waals surface area contributed by atoms with Crippen molar-refractivity contribution < 1.29 is 22.7 Å². The van der Waals surface area contributed by atoms with Crippen LogP contribution in [0.2, 0.25) is 0 Å². The molecule has 3 rings (SSSR count). The number of nitrogens with zero attached hydrogens (tertiary/aromatic N) is 2. The second-order valence-corrected chi connectivity index (χ2v) is 8.79. The number of rotatable bonds is 8. The van der Waals surface area contributed by atoms with Crippen LogP contribution in [0.3, 0.4) is 0 Å². The van der Waals surface area contributed by atoms with E-state index < -0.39 is 21.5 Å². The normalized spacial score (nSPS) is 14.5. The summed E-state index contributed by atoms with van der Waals surface area (Å²) in [5.74, 6) is -1.26. The van der Waals surface area contributed by atoms with Crippen molar-refractivity contribution in [2.45, 2.75) is 24.3 Å². The number of para-hydroxylation sites is 1. The van der Waals surface area contributed by atoms with E-state index in [2.05, 4.69) is 5.32 Å². The number of hydrogen-bond donors (Lipinski definition) is 1. The third kappa shape index (κ3) is 4.53. The number of carbonyl (C=O) groups excluding carboxylic acids is 2. The third-order valence-corrected chi connectivity index (χ3v) is 6.44. The molecule has 9 heteroatoms. The summed E-state index contributed by atoms with van der Waals surface area (Å²) >= 11 is 0. The van der Waals surface area contributed by atoms with E-state index in [1.54, 1.807) is 33.7 Å². The molecule has 0 atom stereocenters. The summed E-state index contributed by atoms with van der Waals surface area (Å²) in [5.41, 5.74) is 0.661. The first kappa shape index (κ1) is 20.3. The van der Waals surface area contributed by atoms with Gasteiger partial charge in [-0.3, -0.25) is 9.59 Å². The standard InChI is InChI=1S/C19H25N3O5S/c1-27-11-8-20-18(23)14-28(25,26)17-12-22(16-7-3-2-6-15(16)17)13-19(24)21-9-4-5-10-21/h2-3,6-7,12H,4-5,8-11,13-14H2,1H3,(H,20,23). The van der Waals surface area contributed by atoms with Crippen molar-refractivity contribution in [1.82, 2.24) is 14.8 Å². The van der Waals surface area contributed by atoms with Crippen LogP contribution in [0.1, 0.15) is 12.8 Å². The number of amides is 2. The summed E-state index contributed by atoms with van der Waals surface area (Å²) in [4.78, 5) is 26.4. The Bertz CT molecular complexity index is 961. The van der Waals surface area contributed by atoms with Crippen molar-refractivity contribution in [3.8, 4) is 0 Å². The van der Waals surface area contributed by atoms with E-state index in [0.29, 0.717) is 17.5 Å². The van der Waals surface area contributed by atoms with Gasteiger partial charge >= 0.3 is 0 Å². The van der Waals surface area contributed by atoms with Crippen molar-refractivity contribution in [2.75, 3.05) is 39.1 Å². The first-order chi connectivity index (χ1) is 13.4. The van der Waals surface area contributed by atoms with Crippen LogP contribution in [0, 0.1) is 0 Å². The van der Waals surface area contributed by atoms with Gasteiger partial charge in [-0.15, -0.1) is 0 Å². The average molecular weight is 407 g/mol. The van der Waals surface area contributed by atoms with Crippen molar-refractivity contribution in [1.29, 1.82) is 0 Å². The summed E-state index contributed by atoms with van der Waals surface area (Å²) < 4.78 is 32.2. The molecule has 152 valence electrons. The maximum Gasteiger partial charge on any atom is 0.242 e. The predicted molar refractivity (Wildman–Crippen MR) is 105 cm³/mol. The molecule has 1 saturated heterocycles. The van der Waals surface area contributed by atoms with E-state index in [9.17, 15) is 18.0 Å². The van der Waals surface area contributed by atoms with Crippen LogP contribution in [0.15, 0.2) is 35.4 Å². The molecule has 1 aliphatic heterocycles. The third-order valence-electron chi connectivity index (χ3n) is 4.80. The highest BCUT2D eigenvalue weighted by Crippen LogP contribution is 2.26. The van der Waals surface area contributed by atoms with Gasteiger partial charge in [-0.2, -0.15) is 0 Å². The summed E-state index contributed by atoms with van der Waals surface area (Å²) in [6.45, 7) is 2.12. The molecule has 8 nitrogen and oxygen atoms in total. The van der Waals surface area contributed by atoms with Crippen molar-refractivity contribution >= 4 is 32.6 Å². The molecule has 1 aromatic heterocycles. The number of fused-ring (bicyclic) bond motifs is 1. The highest BCUT2D eigenvalue weighted by Gasteiger charge is 2.25. The van der Waals surface area contributed by atoms with Crippen molar-refractivity contribution in [3.63, 3.8) is 0 Å². The van der Waals surface area contributed by atoms with Gasteiger partial charge in [0.05, 0.1) is 11.5 Å². The van der Waals surface area contributed by atoms with E-state index >= 15 is 0 Å². The van der Waals surface area contributed by atoms with Crippen LogP contribution in [-0.2, 0) is 30.7 Å². The number of hydrogen-bond acceptors (Lipinski definition) is 5. The molecule has 28 heavy (non-hydrogen) atoms. The minimum atomic E-state index is -3.86. The van der Waals surface area contributed by atoms with Crippen LogP contribution < -0.4 is 5.32 Å². The molecule has 0 aliphatic carbocycles. The van der Waals surface area contributed by atoms with Crippen molar-refractivity contribution in [2.24, 2.45) is 0 Å². The van der Waals surface area contributed by atoms with Gasteiger partial charge in [0.15, 0.2) is 9.84 Å². The van der Waals surface area contributed by atoms with E-state index in [-0.39, 0.29) is 23.9 Å². The average Bonchev–Trinajstić information content (AvgIpc) is 3.30. The summed E-state index contributed by atoms with van der Waals surface area (Å²) in [6.07, 6.45) is 3.46. The zero-order valence-electron chi connectivity index (χ0n) is 15.9. The Balaban J connectivity index is 1.84. The van der Waals surface area contributed by atoms with Crippen LogP contribution in [0.4, 0.5) is 0 Å². The monoisotopic (exact) mass is 407 g/mol. The summed E-state index contributed by atoms with van der Waals surface area (Å²) in [5, 5.41) is 3.04. The topological polar surface area (TPSA) is 97.7 Å². The Morgan fingerprint density at radius 1 is 1.18 bits per heavy atom. The first-order valence-corrected chi connectivity index (χ1v) is 10.9. The van der Waals surface area contributed by atoms with E-state index in [4.69, 9.17) is 4.74 Å². The van der Waals surface area contributed by atoms with E-state index in [1.807, 2.05) is 0 Å². The minimum absolute atomic E-state index is 0.0282. The van der Waals surface area contributed by atoms with Crippen LogP contribution >= 0.6 is 0 Å². The highest BCUT2D eigenvalue weighted by atomic mass is 32.2. The van der Waals surface area contributed by atoms with E-state index in [1.165, 1.54) is 13.3 Å². The van der Waals surface area contributed by atoms with Gasteiger partial charge in [0.2, 0.25) is 11.8 Å². The molecule has 0 radical (unpaired) electrons. The Morgan fingerprint density at radius 2 is 1.89 bits per heavy atom. The fraction of sp³-hybridized carbons (Fsp3) is 0.474. The van der Waals surface area contributed by atoms with Crippen molar-refractivity contribution in [3.05, 3.63) is 30.5 Å². The number of likely N-dealkylation sites (tertiary alicyclic amines) is 1. The molecule has 2 aromatic rings. The van der Waals surface area contributed by atoms with Gasteiger partial charge in [0.25, 0.3) is 0 Å². The number of aromatic nitrogens is 1. The Hall–Kier alpha value is -2.39. The Kier molecular flexibility index (Phi) is 6.35. The van der Waals surface area contributed by atoms with Gasteiger partial charge in [-0.1, -0.05) is 18.2 Å². The van der Waals surface area contributed by atoms with Gasteiger partial charge in [-0.05, 0) is 18.9 Å². The number of methoxy groups -OCH3 is 1. The largest absolute Gasteiger partial charge is 0.383 e. The molecule has 2 heterocycles. The fourth-order valence-electron chi connectivity index (χ4n) is 3.40. The maximum atomic E-state index is 12.8. The molecular formula is C19H25N3O5S. The maximum absolute atomic E-state index is 12.8. The molecule has 0 spiro atoms. The molecule has 0 unspecified atom stereocenters. The lowest BCUT2D eigenvalue weighted by atomic mass is 10.2. The molecule has 0 bridgehead atoms. The molecule has 1 N–H and O–H groups in total. The quantitative estimate of drug-likeness (QED) is 0.653. The predicted octanol–water partition coefficient (Wildman–Crippen LogP) is 0.800. The van der Waals surface area contributed by atoms with Crippen LogP contribution in [0.5, 0.6) is 0 Å². The molecular weight excluding hydrogens is 382 g/mol. The van der Waals surface area contributed by atoms with Gasteiger partial charge in [0, 0.05) is 43.8 Å². The zero-order chi connectivity index (χ0) is 20.1. The Labute approximate surface area is 164 Å². The lowest BCUT2D eigenvalue weighted by Gasteiger charge is -2.15. The first-order valence-electron chi connectivity index (χ1n) is 9.26. The van der Waals surface area contributed by atoms with Crippen LogP contribution in [0.25, 0.3) is 10.9 Å². The highest BCUT2D eigenvalue weighted by molar-refractivity contribution is 7.92. The Morgan fingerprint density at radius 3 is 2.61 bits per heavy atom. The van der Waals surface area contributed by atoms with E-state index in [0.717, 1.165) is 25.9 Å². The van der Waals surface area contributed by atoms with Crippen LogP contribution in [-0.4, -0.2) is 68.8 Å². The molecule has 0 saturated carbocycles. The molecule has 2 amide bonds. The lowest BCUT2D eigenvalue weighted by molar-refractivity contribution is -0.130. The summed E-state index contributed by atoms with van der Waals surface area (Å²) in [6, 6.07) is 7.02. The summed E-state index contributed by atoms with van der Waals surface area (Å²) in [7, 11) is -2.35. The zero-order valence-corrected chi connectivity index (χ0v) is 16.7. The van der Waals surface area contributed by atoms with Gasteiger partial charge < -0.3 is 19.5 Å². The fourth-order valence-corrected chi connectivity index (χ4v) is 4.80. The number of benzene rings is 1. The molecule has 1 aliphatic rings. The molecule has 1 aromatic carbocycles. The van der Waals surface area contributed by atoms with Gasteiger partial charge in [-0.25, -0.2) is 8.42 Å². The number of ether oxygens (including phenoxy) is 1. The number of carbonyl (C=O) groups is 2. The SMILES string of the molecule is COCCNC(=O)CS(=O)(=O)c1cn(CC(=O)N2CCCC2)c2ccccc12. The smallest absolute Gasteiger partial charge is 0.242 e. The molecule has 1 fully saturated rings.